The molecule has 0 saturated carbocycles. The standard InChI is InChI=1S/C11H23NO/c1-5-13-8-6-7-11(12-4)9-10(2)3/h11-12H,2,5-9H2,1,3-4H3. The highest BCUT2D eigenvalue weighted by molar-refractivity contribution is 4.92. The molecule has 0 rings (SSSR count). The van der Waals surface area contributed by atoms with Crippen LogP contribution >= 0.6 is 0 Å². The molecule has 0 radical (unpaired) electrons. The second-order valence-corrected chi connectivity index (χ2v) is 3.49. The Bertz CT molecular complexity index is 134. The van der Waals surface area contributed by atoms with Gasteiger partial charge < -0.3 is 10.1 Å². The normalized spacial score (nSPS) is 12.8. The third kappa shape index (κ3) is 8.00. The lowest BCUT2D eigenvalue weighted by Gasteiger charge is -2.15. The van der Waals surface area contributed by atoms with Gasteiger partial charge in [0.05, 0.1) is 0 Å². The summed E-state index contributed by atoms with van der Waals surface area (Å²) >= 11 is 0. The minimum absolute atomic E-state index is 0.568. The molecular formula is C11H23NO. The second kappa shape index (κ2) is 8.27. The van der Waals surface area contributed by atoms with Gasteiger partial charge in [-0.3, -0.25) is 0 Å². The predicted octanol–water partition coefficient (Wildman–Crippen LogP) is 2.36. The summed E-state index contributed by atoms with van der Waals surface area (Å²) < 4.78 is 5.28. The van der Waals surface area contributed by atoms with Crippen molar-refractivity contribution < 1.29 is 4.74 Å². The largest absolute Gasteiger partial charge is 0.382 e. The monoisotopic (exact) mass is 185 g/mol. The Morgan fingerprint density at radius 1 is 1.54 bits per heavy atom. The van der Waals surface area contributed by atoms with E-state index >= 15 is 0 Å². The Labute approximate surface area is 82.4 Å². The van der Waals surface area contributed by atoms with Gasteiger partial charge in [-0.15, -0.1) is 6.58 Å². The number of nitrogens with one attached hydrogen (secondary N) is 1. The van der Waals surface area contributed by atoms with Crippen molar-refractivity contribution in [2.75, 3.05) is 20.3 Å². The molecule has 1 N–H and O–H groups in total. The van der Waals surface area contributed by atoms with Crippen LogP contribution in [0.15, 0.2) is 12.2 Å². The molecule has 1 atom stereocenters. The number of hydrogen-bond acceptors (Lipinski definition) is 2. The summed E-state index contributed by atoms with van der Waals surface area (Å²) in [6, 6.07) is 0.568. The van der Waals surface area contributed by atoms with Crippen LogP contribution in [0.5, 0.6) is 0 Å². The van der Waals surface area contributed by atoms with Crippen molar-refractivity contribution in [3.8, 4) is 0 Å². The molecule has 0 aliphatic heterocycles. The molecule has 0 aromatic rings. The molecule has 0 saturated heterocycles. The molecule has 1 unspecified atom stereocenters. The zero-order valence-electron chi connectivity index (χ0n) is 9.23. The summed E-state index contributed by atoms with van der Waals surface area (Å²) in [7, 11) is 2.01. The fourth-order valence-corrected chi connectivity index (χ4v) is 1.35. The van der Waals surface area contributed by atoms with E-state index in [4.69, 9.17) is 4.74 Å². The molecule has 0 aromatic carbocycles. The second-order valence-electron chi connectivity index (χ2n) is 3.49. The first-order valence-corrected chi connectivity index (χ1v) is 5.10. The Balaban J connectivity index is 3.42. The van der Waals surface area contributed by atoms with Crippen LogP contribution in [0, 0.1) is 0 Å². The van der Waals surface area contributed by atoms with Crippen LogP contribution in [0.25, 0.3) is 0 Å². The highest BCUT2D eigenvalue weighted by atomic mass is 16.5. The molecule has 0 bridgehead atoms. The molecule has 0 heterocycles. The number of hydrogen-bond donors (Lipinski definition) is 1. The Kier molecular flexibility index (Phi) is 8.05. The van der Waals surface area contributed by atoms with E-state index in [9.17, 15) is 0 Å². The van der Waals surface area contributed by atoms with E-state index < -0.39 is 0 Å². The van der Waals surface area contributed by atoms with Crippen molar-refractivity contribution >= 4 is 0 Å². The third-order valence-corrected chi connectivity index (χ3v) is 2.05. The SMILES string of the molecule is C=C(C)CC(CCCOCC)NC. The van der Waals surface area contributed by atoms with Gasteiger partial charge in [-0.1, -0.05) is 5.57 Å². The molecule has 2 nitrogen and oxygen atoms in total. The van der Waals surface area contributed by atoms with Gasteiger partial charge in [0.25, 0.3) is 0 Å². The summed E-state index contributed by atoms with van der Waals surface area (Å²) in [5.74, 6) is 0. The maximum atomic E-state index is 5.28. The minimum Gasteiger partial charge on any atom is -0.382 e. The van der Waals surface area contributed by atoms with Crippen LogP contribution in [0.1, 0.15) is 33.1 Å². The van der Waals surface area contributed by atoms with Crippen LogP contribution in [-0.4, -0.2) is 26.3 Å². The van der Waals surface area contributed by atoms with Crippen molar-refractivity contribution in [2.24, 2.45) is 0 Å². The molecule has 13 heavy (non-hydrogen) atoms. The molecular weight excluding hydrogens is 162 g/mol. The van der Waals surface area contributed by atoms with Crippen molar-refractivity contribution in [2.45, 2.75) is 39.2 Å². The summed E-state index contributed by atoms with van der Waals surface area (Å²) in [6.45, 7) is 9.73. The molecule has 78 valence electrons. The lowest BCUT2D eigenvalue weighted by molar-refractivity contribution is 0.141. The highest BCUT2D eigenvalue weighted by Gasteiger charge is 2.04. The molecule has 0 fully saturated rings. The van der Waals surface area contributed by atoms with Crippen LogP contribution < -0.4 is 5.32 Å². The Hall–Kier alpha value is -0.340. The van der Waals surface area contributed by atoms with Crippen molar-refractivity contribution in [1.82, 2.24) is 5.32 Å². The van der Waals surface area contributed by atoms with Crippen molar-refractivity contribution in [3.63, 3.8) is 0 Å². The highest BCUT2D eigenvalue weighted by Crippen LogP contribution is 2.07. The van der Waals surface area contributed by atoms with Crippen LogP contribution in [0.2, 0.25) is 0 Å². The van der Waals surface area contributed by atoms with E-state index in [0.29, 0.717) is 6.04 Å². The first kappa shape index (κ1) is 12.7. The van der Waals surface area contributed by atoms with Crippen molar-refractivity contribution in [1.29, 1.82) is 0 Å². The molecule has 0 spiro atoms. The maximum Gasteiger partial charge on any atom is 0.0466 e. The van der Waals surface area contributed by atoms with Gasteiger partial charge in [0.1, 0.15) is 0 Å². The first-order valence-electron chi connectivity index (χ1n) is 5.10. The minimum atomic E-state index is 0.568. The quantitative estimate of drug-likeness (QED) is 0.463. The van der Waals surface area contributed by atoms with Gasteiger partial charge in [-0.05, 0) is 40.2 Å². The molecule has 2 heteroatoms. The van der Waals surface area contributed by atoms with Crippen LogP contribution in [-0.2, 0) is 4.74 Å². The van der Waals surface area contributed by atoms with E-state index in [1.165, 1.54) is 12.0 Å². The van der Waals surface area contributed by atoms with E-state index in [1.807, 2.05) is 14.0 Å². The topological polar surface area (TPSA) is 21.3 Å². The maximum absolute atomic E-state index is 5.28. The van der Waals surface area contributed by atoms with Gasteiger partial charge in [0, 0.05) is 19.3 Å². The van der Waals surface area contributed by atoms with E-state index in [0.717, 1.165) is 26.1 Å². The average Bonchev–Trinajstić information content (AvgIpc) is 2.09. The van der Waals surface area contributed by atoms with Crippen molar-refractivity contribution in [3.05, 3.63) is 12.2 Å². The summed E-state index contributed by atoms with van der Waals surface area (Å²) in [5, 5.41) is 3.29. The van der Waals surface area contributed by atoms with E-state index in [-0.39, 0.29) is 0 Å². The first-order chi connectivity index (χ1) is 6.20. The predicted molar refractivity (Wildman–Crippen MR) is 58.0 cm³/mol. The van der Waals surface area contributed by atoms with Gasteiger partial charge >= 0.3 is 0 Å². The lowest BCUT2D eigenvalue weighted by atomic mass is 10.0. The summed E-state index contributed by atoms with van der Waals surface area (Å²) in [4.78, 5) is 0. The number of ether oxygens (including phenoxy) is 1. The lowest BCUT2D eigenvalue weighted by Crippen LogP contribution is -2.25. The van der Waals surface area contributed by atoms with E-state index in [2.05, 4.69) is 18.8 Å². The van der Waals surface area contributed by atoms with Gasteiger partial charge in [-0.25, -0.2) is 0 Å². The van der Waals surface area contributed by atoms with Gasteiger partial charge in [0.2, 0.25) is 0 Å². The van der Waals surface area contributed by atoms with Gasteiger partial charge in [0.15, 0.2) is 0 Å². The molecule has 0 aliphatic rings. The average molecular weight is 185 g/mol. The summed E-state index contributed by atoms with van der Waals surface area (Å²) in [6.07, 6.45) is 3.37. The van der Waals surface area contributed by atoms with Gasteiger partial charge in [-0.2, -0.15) is 0 Å². The molecule has 0 aromatic heterocycles. The fraction of sp³-hybridized carbons (Fsp3) is 0.818. The number of rotatable bonds is 8. The third-order valence-electron chi connectivity index (χ3n) is 2.05. The summed E-state index contributed by atoms with van der Waals surface area (Å²) in [5.41, 5.74) is 1.25. The Morgan fingerprint density at radius 3 is 2.69 bits per heavy atom. The molecule has 0 aliphatic carbocycles. The van der Waals surface area contributed by atoms with Crippen LogP contribution in [0.4, 0.5) is 0 Å². The van der Waals surface area contributed by atoms with Crippen LogP contribution in [0.3, 0.4) is 0 Å². The van der Waals surface area contributed by atoms with E-state index in [1.54, 1.807) is 0 Å². The zero-order chi connectivity index (χ0) is 10.1. The molecule has 0 amide bonds. The smallest absolute Gasteiger partial charge is 0.0466 e. The fourth-order valence-electron chi connectivity index (χ4n) is 1.35. The zero-order valence-corrected chi connectivity index (χ0v) is 9.23. The Morgan fingerprint density at radius 2 is 2.23 bits per heavy atom.